The number of carbonyl (C=O) groups is 1. The highest BCUT2D eigenvalue weighted by molar-refractivity contribution is 9.10. The van der Waals surface area contributed by atoms with Gasteiger partial charge in [-0.15, -0.1) is 0 Å². The molecule has 0 bridgehead atoms. The number of aliphatic hydroxyl groups excluding tert-OH is 1. The van der Waals surface area contributed by atoms with Gasteiger partial charge in [-0.2, -0.15) is 0 Å². The van der Waals surface area contributed by atoms with Gasteiger partial charge in [-0.25, -0.2) is 0 Å². The lowest BCUT2D eigenvalue weighted by atomic mass is 10.2. The molecular formula is C16H21BrO4. The van der Waals surface area contributed by atoms with E-state index < -0.39 is 0 Å². The average Bonchev–Trinajstić information content (AvgIpc) is 2.43. The van der Waals surface area contributed by atoms with Crippen molar-refractivity contribution in [3.8, 4) is 0 Å². The fourth-order valence-corrected chi connectivity index (χ4v) is 2.29. The summed E-state index contributed by atoms with van der Waals surface area (Å²) in [4.78, 5) is 10.8. The summed E-state index contributed by atoms with van der Waals surface area (Å²) in [6.07, 6.45) is 3.70. The Kier molecular flexibility index (Phi) is 8.27. The molecule has 0 saturated heterocycles. The minimum Gasteiger partial charge on any atom is -0.463 e. The van der Waals surface area contributed by atoms with Crippen LogP contribution in [0.2, 0.25) is 0 Å². The SMILES string of the molecule is CC(=O)OC(C)CC(CO)OCC=Cc1ccccc1Br. The van der Waals surface area contributed by atoms with Crippen LogP contribution < -0.4 is 0 Å². The van der Waals surface area contributed by atoms with E-state index in [1.165, 1.54) is 6.92 Å². The average molecular weight is 357 g/mol. The quantitative estimate of drug-likeness (QED) is 0.726. The Morgan fingerprint density at radius 2 is 2.14 bits per heavy atom. The van der Waals surface area contributed by atoms with Crippen molar-refractivity contribution in [2.24, 2.45) is 0 Å². The third-order valence-electron chi connectivity index (χ3n) is 2.80. The molecular weight excluding hydrogens is 336 g/mol. The molecule has 0 aliphatic heterocycles. The summed E-state index contributed by atoms with van der Waals surface area (Å²) in [7, 11) is 0. The van der Waals surface area contributed by atoms with E-state index in [2.05, 4.69) is 15.9 Å². The molecule has 1 aromatic rings. The summed E-state index contributed by atoms with van der Waals surface area (Å²) in [6, 6.07) is 7.88. The second kappa shape index (κ2) is 9.71. The molecule has 0 aromatic heterocycles. The standard InChI is InChI=1S/C16H21BrO4/c1-12(21-13(2)19)10-15(11-18)20-9-5-7-14-6-3-4-8-16(14)17/h3-8,12,15,18H,9-11H2,1-2H3. The van der Waals surface area contributed by atoms with E-state index in [4.69, 9.17) is 9.47 Å². The van der Waals surface area contributed by atoms with E-state index in [1.54, 1.807) is 6.92 Å². The predicted molar refractivity (Wildman–Crippen MR) is 85.8 cm³/mol. The second-order valence-electron chi connectivity index (χ2n) is 4.72. The summed E-state index contributed by atoms with van der Waals surface area (Å²) in [6.45, 7) is 3.43. The number of halogens is 1. The Hall–Kier alpha value is -1.17. The summed E-state index contributed by atoms with van der Waals surface area (Å²) in [5.74, 6) is -0.326. The van der Waals surface area contributed by atoms with Gasteiger partial charge in [-0.3, -0.25) is 4.79 Å². The zero-order valence-corrected chi connectivity index (χ0v) is 13.9. The van der Waals surface area contributed by atoms with Crippen molar-refractivity contribution < 1.29 is 19.4 Å². The van der Waals surface area contributed by atoms with Gasteiger partial charge in [0.1, 0.15) is 6.10 Å². The van der Waals surface area contributed by atoms with Gasteiger partial charge in [0.25, 0.3) is 0 Å². The van der Waals surface area contributed by atoms with Gasteiger partial charge in [0.2, 0.25) is 0 Å². The molecule has 0 spiro atoms. The van der Waals surface area contributed by atoms with Crippen molar-refractivity contribution in [3.63, 3.8) is 0 Å². The number of esters is 1. The third-order valence-corrected chi connectivity index (χ3v) is 3.52. The smallest absolute Gasteiger partial charge is 0.302 e. The van der Waals surface area contributed by atoms with Gasteiger partial charge >= 0.3 is 5.97 Å². The fraction of sp³-hybridized carbons (Fsp3) is 0.438. The van der Waals surface area contributed by atoms with Gasteiger partial charge in [0.15, 0.2) is 0 Å². The Balaban J connectivity index is 2.38. The first-order valence-electron chi connectivity index (χ1n) is 6.83. The second-order valence-corrected chi connectivity index (χ2v) is 5.57. The van der Waals surface area contributed by atoms with Crippen LogP contribution in [0.3, 0.4) is 0 Å². The molecule has 0 radical (unpaired) electrons. The molecule has 4 nitrogen and oxygen atoms in total. The number of benzene rings is 1. The van der Waals surface area contributed by atoms with E-state index in [9.17, 15) is 9.90 Å². The highest BCUT2D eigenvalue weighted by atomic mass is 79.9. The maximum Gasteiger partial charge on any atom is 0.302 e. The highest BCUT2D eigenvalue weighted by Crippen LogP contribution is 2.17. The number of aliphatic hydroxyl groups is 1. The molecule has 21 heavy (non-hydrogen) atoms. The molecule has 116 valence electrons. The Labute approximate surface area is 133 Å². The molecule has 0 aliphatic rings. The van der Waals surface area contributed by atoms with Crippen LogP contribution >= 0.6 is 15.9 Å². The topological polar surface area (TPSA) is 55.8 Å². The largest absolute Gasteiger partial charge is 0.463 e. The lowest BCUT2D eigenvalue weighted by Gasteiger charge is -2.18. The third kappa shape index (κ3) is 7.41. The van der Waals surface area contributed by atoms with Crippen molar-refractivity contribution in [3.05, 3.63) is 40.4 Å². The lowest BCUT2D eigenvalue weighted by molar-refractivity contribution is -0.147. The zero-order valence-electron chi connectivity index (χ0n) is 12.3. The number of hydrogen-bond acceptors (Lipinski definition) is 4. The molecule has 2 atom stereocenters. The van der Waals surface area contributed by atoms with Gasteiger partial charge in [0.05, 0.1) is 19.3 Å². The predicted octanol–water partition coefficient (Wildman–Crippen LogP) is 3.18. The van der Waals surface area contributed by atoms with Crippen LogP contribution in [0, 0.1) is 0 Å². The van der Waals surface area contributed by atoms with Crippen molar-refractivity contribution in [1.29, 1.82) is 0 Å². The molecule has 0 aliphatic carbocycles. The van der Waals surface area contributed by atoms with E-state index in [-0.39, 0.29) is 24.8 Å². The van der Waals surface area contributed by atoms with Crippen molar-refractivity contribution in [1.82, 2.24) is 0 Å². The normalized spacial score (nSPS) is 14.1. The Bertz CT molecular complexity index is 473. The van der Waals surface area contributed by atoms with Crippen LogP contribution in [0.5, 0.6) is 0 Å². The first-order chi connectivity index (χ1) is 10.0. The zero-order chi connectivity index (χ0) is 15.7. The summed E-state index contributed by atoms with van der Waals surface area (Å²) in [5, 5.41) is 9.27. The number of carbonyl (C=O) groups excluding carboxylic acids is 1. The first kappa shape index (κ1) is 17.9. The van der Waals surface area contributed by atoms with Gasteiger partial charge < -0.3 is 14.6 Å². The molecule has 0 heterocycles. The molecule has 1 N–H and O–H groups in total. The molecule has 1 rings (SSSR count). The van der Waals surface area contributed by atoms with Crippen LogP contribution in [0.25, 0.3) is 6.08 Å². The van der Waals surface area contributed by atoms with Crippen molar-refractivity contribution in [2.75, 3.05) is 13.2 Å². The van der Waals surface area contributed by atoms with Crippen LogP contribution in [-0.4, -0.2) is 36.5 Å². The molecule has 1 aromatic carbocycles. The van der Waals surface area contributed by atoms with E-state index in [1.807, 2.05) is 36.4 Å². The van der Waals surface area contributed by atoms with Gasteiger partial charge in [-0.1, -0.05) is 46.3 Å². The van der Waals surface area contributed by atoms with Gasteiger partial charge in [-0.05, 0) is 18.6 Å². The van der Waals surface area contributed by atoms with Crippen LogP contribution in [0.4, 0.5) is 0 Å². The Morgan fingerprint density at radius 1 is 1.43 bits per heavy atom. The molecule has 0 saturated carbocycles. The van der Waals surface area contributed by atoms with Crippen molar-refractivity contribution in [2.45, 2.75) is 32.5 Å². The summed E-state index contributed by atoms with van der Waals surface area (Å²) in [5.41, 5.74) is 1.06. The van der Waals surface area contributed by atoms with E-state index >= 15 is 0 Å². The highest BCUT2D eigenvalue weighted by Gasteiger charge is 2.14. The lowest BCUT2D eigenvalue weighted by Crippen LogP contribution is -2.25. The first-order valence-corrected chi connectivity index (χ1v) is 7.63. The molecule has 5 heteroatoms. The van der Waals surface area contributed by atoms with Gasteiger partial charge in [0, 0.05) is 17.8 Å². The number of rotatable bonds is 8. The minimum absolute atomic E-state index is 0.103. The van der Waals surface area contributed by atoms with E-state index in [0.717, 1.165) is 10.0 Å². The van der Waals surface area contributed by atoms with Crippen LogP contribution in [-0.2, 0) is 14.3 Å². The molecule has 0 fully saturated rings. The Morgan fingerprint density at radius 3 is 2.76 bits per heavy atom. The number of hydrogen-bond donors (Lipinski definition) is 1. The maximum atomic E-state index is 10.8. The number of ether oxygens (including phenoxy) is 2. The van der Waals surface area contributed by atoms with Crippen molar-refractivity contribution >= 4 is 28.0 Å². The maximum absolute atomic E-state index is 10.8. The van der Waals surface area contributed by atoms with Crippen LogP contribution in [0.15, 0.2) is 34.8 Å². The summed E-state index contributed by atoms with van der Waals surface area (Å²) < 4.78 is 11.6. The summed E-state index contributed by atoms with van der Waals surface area (Å²) >= 11 is 3.47. The molecule has 2 unspecified atom stereocenters. The minimum atomic E-state index is -0.344. The van der Waals surface area contributed by atoms with E-state index in [0.29, 0.717) is 13.0 Å². The fourth-order valence-electron chi connectivity index (χ4n) is 1.87. The monoisotopic (exact) mass is 356 g/mol. The van der Waals surface area contributed by atoms with Crippen LogP contribution in [0.1, 0.15) is 25.8 Å². The molecule has 0 amide bonds.